The van der Waals surface area contributed by atoms with Crippen molar-refractivity contribution in [1.82, 2.24) is 4.90 Å². The van der Waals surface area contributed by atoms with E-state index in [0.717, 1.165) is 30.1 Å². The monoisotopic (exact) mass is 245 g/mol. The Labute approximate surface area is 110 Å². The van der Waals surface area contributed by atoms with Gasteiger partial charge in [-0.15, -0.1) is 0 Å². The molecule has 0 saturated carbocycles. The standard InChI is InChI=1S/C16H23NO/c1-12-8-9-17(10-14(12)3)11-16(18)15-7-5-4-6-13(15)2/h4-7,12,14H,8-11H2,1-3H3. The molecule has 2 nitrogen and oxygen atoms in total. The summed E-state index contributed by atoms with van der Waals surface area (Å²) in [6, 6.07) is 7.87. The van der Waals surface area contributed by atoms with Crippen LogP contribution in [0.1, 0.15) is 36.2 Å². The van der Waals surface area contributed by atoms with Crippen LogP contribution in [0.4, 0.5) is 0 Å². The Morgan fingerprint density at radius 2 is 2.00 bits per heavy atom. The topological polar surface area (TPSA) is 20.3 Å². The number of carbonyl (C=O) groups excluding carboxylic acids is 1. The van der Waals surface area contributed by atoms with Crippen LogP contribution in [0, 0.1) is 18.8 Å². The molecule has 2 heteroatoms. The molecule has 0 bridgehead atoms. The second-order valence-corrected chi connectivity index (χ2v) is 5.72. The smallest absolute Gasteiger partial charge is 0.177 e. The number of hydrogen-bond acceptors (Lipinski definition) is 2. The number of piperidine rings is 1. The molecule has 0 aromatic heterocycles. The van der Waals surface area contributed by atoms with Crippen LogP contribution in [-0.4, -0.2) is 30.3 Å². The molecule has 98 valence electrons. The van der Waals surface area contributed by atoms with Gasteiger partial charge in [0.1, 0.15) is 0 Å². The summed E-state index contributed by atoms with van der Waals surface area (Å²) in [6.45, 7) is 9.29. The molecule has 2 atom stereocenters. The maximum absolute atomic E-state index is 12.3. The third kappa shape index (κ3) is 2.99. The van der Waals surface area contributed by atoms with Crippen molar-refractivity contribution in [3.8, 4) is 0 Å². The fourth-order valence-corrected chi connectivity index (χ4v) is 2.67. The Hall–Kier alpha value is -1.15. The minimum atomic E-state index is 0.259. The lowest BCUT2D eigenvalue weighted by Gasteiger charge is -2.34. The van der Waals surface area contributed by atoms with E-state index in [4.69, 9.17) is 0 Å². The minimum Gasteiger partial charge on any atom is -0.296 e. The van der Waals surface area contributed by atoms with Crippen LogP contribution < -0.4 is 0 Å². The Morgan fingerprint density at radius 3 is 2.67 bits per heavy atom. The van der Waals surface area contributed by atoms with E-state index in [2.05, 4.69) is 18.7 Å². The van der Waals surface area contributed by atoms with E-state index in [1.165, 1.54) is 6.42 Å². The molecule has 1 aliphatic heterocycles. The first-order valence-electron chi connectivity index (χ1n) is 6.89. The van der Waals surface area contributed by atoms with Crippen molar-refractivity contribution in [2.24, 2.45) is 11.8 Å². The van der Waals surface area contributed by atoms with Crippen LogP contribution in [0.25, 0.3) is 0 Å². The highest BCUT2D eigenvalue weighted by atomic mass is 16.1. The third-order valence-corrected chi connectivity index (χ3v) is 4.23. The van der Waals surface area contributed by atoms with Crippen LogP contribution in [0.5, 0.6) is 0 Å². The number of rotatable bonds is 3. The van der Waals surface area contributed by atoms with Crippen LogP contribution >= 0.6 is 0 Å². The number of Topliss-reactive ketones (excluding diaryl/α,β-unsaturated/α-hetero) is 1. The number of aryl methyl sites for hydroxylation is 1. The highest BCUT2D eigenvalue weighted by Gasteiger charge is 2.24. The number of carbonyl (C=O) groups is 1. The molecule has 0 radical (unpaired) electrons. The first-order chi connectivity index (χ1) is 8.58. The van der Waals surface area contributed by atoms with Crippen molar-refractivity contribution in [3.05, 3.63) is 35.4 Å². The molecule has 1 aromatic carbocycles. The lowest BCUT2D eigenvalue weighted by atomic mass is 9.88. The highest BCUT2D eigenvalue weighted by molar-refractivity contribution is 5.98. The number of ketones is 1. The Bertz CT molecular complexity index is 427. The van der Waals surface area contributed by atoms with Crippen LogP contribution in [0.3, 0.4) is 0 Å². The number of benzene rings is 1. The Kier molecular flexibility index (Phi) is 4.18. The molecule has 2 unspecified atom stereocenters. The SMILES string of the molecule is Cc1ccccc1C(=O)CN1CCC(C)C(C)C1. The predicted molar refractivity (Wildman–Crippen MR) is 74.9 cm³/mol. The van der Waals surface area contributed by atoms with Gasteiger partial charge in [0.15, 0.2) is 5.78 Å². The normalized spacial score (nSPS) is 25.1. The summed E-state index contributed by atoms with van der Waals surface area (Å²) in [4.78, 5) is 14.6. The van der Waals surface area contributed by atoms with Crippen molar-refractivity contribution in [2.45, 2.75) is 27.2 Å². The number of likely N-dealkylation sites (tertiary alicyclic amines) is 1. The first kappa shape index (κ1) is 13.3. The van der Waals surface area contributed by atoms with Crippen molar-refractivity contribution >= 4 is 5.78 Å². The predicted octanol–water partition coefficient (Wildman–Crippen LogP) is 3.16. The summed E-state index contributed by atoms with van der Waals surface area (Å²) in [5, 5.41) is 0. The summed E-state index contributed by atoms with van der Waals surface area (Å²) in [5.74, 6) is 1.74. The van der Waals surface area contributed by atoms with Crippen molar-refractivity contribution in [3.63, 3.8) is 0 Å². The van der Waals surface area contributed by atoms with Gasteiger partial charge in [0.25, 0.3) is 0 Å². The van der Waals surface area contributed by atoms with Gasteiger partial charge in [0.05, 0.1) is 6.54 Å². The van der Waals surface area contributed by atoms with Crippen LogP contribution in [0.2, 0.25) is 0 Å². The Morgan fingerprint density at radius 1 is 1.28 bits per heavy atom. The first-order valence-corrected chi connectivity index (χ1v) is 6.89. The molecular formula is C16H23NO. The lowest BCUT2D eigenvalue weighted by Crippen LogP contribution is -2.41. The van der Waals surface area contributed by atoms with Gasteiger partial charge < -0.3 is 0 Å². The average molecular weight is 245 g/mol. The fraction of sp³-hybridized carbons (Fsp3) is 0.562. The zero-order valence-corrected chi connectivity index (χ0v) is 11.6. The van der Waals surface area contributed by atoms with Gasteiger partial charge in [-0.1, -0.05) is 38.1 Å². The maximum Gasteiger partial charge on any atom is 0.177 e. The second-order valence-electron chi connectivity index (χ2n) is 5.72. The molecule has 0 amide bonds. The summed E-state index contributed by atoms with van der Waals surface area (Å²) in [6.07, 6.45) is 1.21. The van der Waals surface area contributed by atoms with Crippen molar-refractivity contribution < 1.29 is 4.79 Å². The van der Waals surface area contributed by atoms with Crippen LogP contribution in [0.15, 0.2) is 24.3 Å². The lowest BCUT2D eigenvalue weighted by molar-refractivity contribution is 0.0848. The molecule has 0 aliphatic carbocycles. The van der Waals surface area contributed by atoms with Gasteiger partial charge in [-0.05, 0) is 37.3 Å². The Balaban J connectivity index is 1.98. The van der Waals surface area contributed by atoms with E-state index in [1.54, 1.807) is 0 Å². The molecule has 0 spiro atoms. The zero-order valence-electron chi connectivity index (χ0n) is 11.6. The van der Waals surface area contributed by atoms with Gasteiger partial charge in [0, 0.05) is 12.1 Å². The fourth-order valence-electron chi connectivity index (χ4n) is 2.67. The van der Waals surface area contributed by atoms with E-state index < -0.39 is 0 Å². The highest BCUT2D eigenvalue weighted by Crippen LogP contribution is 2.22. The third-order valence-electron chi connectivity index (χ3n) is 4.23. The van der Waals surface area contributed by atoms with E-state index >= 15 is 0 Å². The van der Waals surface area contributed by atoms with Gasteiger partial charge >= 0.3 is 0 Å². The van der Waals surface area contributed by atoms with E-state index in [1.807, 2.05) is 31.2 Å². The van der Waals surface area contributed by atoms with Crippen LogP contribution in [-0.2, 0) is 0 Å². The summed E-state index contributed by atoms with van der Waals surface area (Å²) in [5.41, 5.74) is 1.96. The molecular weight excluding hydrogens is 222 g/mol. The van der Waals surface area contributed by atoms with Gasteiger partial charge in [-0.2, -0.15) is 0 Å². The van der Waals surface area contributed by atoms with E-state index in [-0.39, 0.29) is 5.78 Å². The molecule has 2 rings (SSSR count). The minimum absolute atomic E-state index is 0.259. The van der Waals surface area contributed by atoms with Crippen molar-refractivity contribution in [1.29, 1.82) is 0 Å². The zero-order chi connectivity index (χ0) is 13.1. The molecule has 1 aliphatic rings. The van der Waals surface area contributed by atoms with Gasteiger partial charge in [-0.25, -0.2) is 0 Å². The second kappa shape index (κ2) is 5.66. The quantitative estimate of drug-likeness (QED) is 0.762. The molecule has 1 aromatic rings. The average Bonchev–Trinajstić information content (AvgIpc) is 2.34. The molecule has 1 heterocycles. The van der Waals surface area contributed by atoms with Gasteiger partial charge in [-0.3, -0.25) is 9.69 Å². The maximum atomic E-state index is 12.3. The molecule has 18 heavy (non-hydrogen) atoms. The summed E-state index contributed by atoms with van der Waals surface area (Å²) in [7, 11) is 0. The number of nitrogens with zero attached hydrogens (tertiary/aromatic N) is 1. The molecule has 1 saturated heterocycles. The summed E-state index contributed by atoms with van der Waals surface area (Å²) >= 11 is 0. The number of hydrogen-bond donors (Lipinski definition) is 0. The van der Waals surface area contributed by atoms with E-state index in [9.17, 15) is 4.79 Å². The summed E-state index contributed by atoms with van der Waals surface area (Å²) < 4.78 is 0. The largest absolute Gasteiger partial charge is 0.296 e. The van der Waals surface area contributed by atoms with Crippen molar-refractivity contribution in [2.75, 3.05) is 19.6 Å². The van der Waals surface area contributed by atoms with E-state index in [0.29, 0.717) is 12.5 Å². The van der Waals surface area contributed by atoms with Gasteiger partial charge in [0.2, 0.25) is 0 Å². The molecule has 0 N–H and O–H groups in total. The molecule has 1 fully saturated rings.